The van der Waals surface area contributed by atoms with Gasteiger partial charge in [-0.15, -0.1) is 0 Å². The Balaban J connectivity index is 1.65. The number of carbonyl (C=O) groups excluding carboxylic acids is 2. The number of esters is 2. The summed E-state index contributed by atoms with van der Waals surface area (Å²) < 4.78 is 30.2. The van der Waals surface area contributed by atoms with Gasteiger partial charge in [0.15, 0.2) is 24.3 Å². The molecule has 2 fully saturated rings. The Kier molecular flexibility index (Phi) is 6.07. The first kappa shape index (κ1) is 23.4. The maximum absolute atomic E-state index is 13.0. The minimum absolute atomic E-state index is 0.142. The zero-order valence-corrected chi connectivity index (χ0v) is 19.6. The van der Waals surface area contributed by atoms with E-state index >= 15 is 0 Å². The van der Waals surface area contributed by atoms with E-state index < -0.39 is 47.2 Å². The van der Waals surface area contributed by atoms with E-state index in [0.717, 1.165) is 0 Å². The summed E-state index contributed by atoms with van der Waals surface area (Å²) in [6.07, 6.45) is -2.33. The molecule has 2 aromatic rings. The van der Waals surface area contributed by atoms with Gasteiger partial charge in [0, 0.05) is 0 Å². The topological polar surface area (TPSA) is 80.3 Å². The lowest BCUT2D eigenvalue weighted by Gasteiger charge is -2.44. The van der Waals surface area contributed by atoms with Gasteiger partial charge in [-0.2, -0.15) is 0 Å². The van der Waals surface area contributed by atoms with Crippen molar-refractivity contribution in [2.24, 2.45) is 5.41 Å². The summed E-state index contributed by atoms with van der Waals surface area (Å²) in [6.45, 7) is 9.24. The third-order valence-electron chi connectivity index (χ3n) is 6.11. The van der Waals surface area contributed by atoms with Gasteiger partial charge in [-0.25, -0.2) is 9.59 Å². The van der Waals surface area contributed by atoms with Crippen LogP contribution in [0.25, 0.3) is 0 Å². The van der Waals surface area contributed by atoms with Crippen LogP contribution in [-0.4, -0.2) is 48.4 Å². The van der Waals surface area contributed by atoms with E-state index in [-0.39, 0.29) is 6.61 Å². The van der Waals surface area contributed by atoms with Crippen LogP contribution in [0.3, 0.4) is 0 Å². The van der Waals surface area contributed by atoms with Crippen molar-refractivity contribution in [3.8, 4) is 0 Å². The number of fused-ring (bicyclic) bond motifs is 1. The number of rotatable bonds is 5. The van der Waals surface area contributed by atoms with Gasteiger partial charge in [-0.3, -0.25) is 0 Å². The highest BCUT2D eigenvalue weighted by molar-refractivity contribution is 5.90. The van der Waals surface area contributed by atoms with Crippen molar-refractivity contribution < 1.29 is 33.3 Å². The van der Waals surface area contributed by atoms with Gasteiger partial charge in [0.2, 0.25) is 0 Å². The van der Waals surface area contributed by atoms with E-state index in [1.807, 2.05) is 32.9 Å². The molecule has 0 spiro atoms. The molecular formula is C26H30O7. The van der Waals surface area contributed by atoms with Gasteiger partial charge >= 0.3 is 11.9 Å². The van der Waals surface area contributed by atoms with Crippen LogP contribution in [0.4, 0.5) is 0 Å². The molecule has 0 aliphatic carbocycles. The second kappa shape index (κ2) is 8.56. The molecule has 7 nitrogen and oxygen atoms in total. The number of ether oxygens (including phenoxy) is 5. The van der Waals surface area contributed by atoms with Crippen LogP contribution >= 0.6 is 0 Å². The van der Waals surface area contributed by atoms with Crippen molar-refractivity contribution in [2.75, 3.05) is 6.61 Å². The molecule has 2 aromatic carbocycles. The molecule has 4 unspecified atom stereocenters. The molecule has 0 N–H and O–H groups in total. The Bertz CT molecular complexity index is 996. The van der Waals surface area contributed by atoms with Crippen LogP contribution in [0.2, 0.25) is 0 Å². The molecule has 4 atom stereocenters. The molecule has 2 heterocycles. The summed E-state index contributed by atoms with van der Waals surface area (Å²) in [5, 5.41) is 0. The Morgan fingerprint density at radius 2 is 1.39 bits per heavy atom. The van der Waals surface area contributed by atoms with E-state index in [9.17, 15) is 9.59 Å². The molecule has 2 aliphatic rings. The summed E-state index contributed by atoms with van der Waals surface area (Å²) in [5.41, 5.74) is -0.977. The first-order chi connectivity index (χ1) is 15.5. The normalized spacial score (nSPS) is 28.2. The van der Waals surface area contributed by atoms with Crippen molar-refractivity contribution >= 4 is 11.9 Å². The molecule has 2 aliphatic heterocycles. The standard InChI is InChI=1S/C26H30O7/c1-24(2,3)26(16-29-21(27)17-12-8-6-9-13-17)20(19-23(33-26)32-25(4,5)31-19)30-22(28)18-14-10-7-11-15-18/h6-15,19-20,23H,16H2,1-5H3. The first-order valence-corrected chi connectivity index (χ1v) is 11.0. The maximum Gasteiger partial charge on any atom is 0.338 e. The molecule has 0 saturated carbocycles. The molecule has 7 heteroatoms. The summed E-state index contributed by atoms with van der Waals surface area (Å²) >= 11 is 0. The second-order valence-corrected chi connectivity index (χ2v) is 9.86. The number of hydrogen-bond acceptors (Lipinski definition) is 7. The quantitative estimate of drug-likeness (QED) is 0.621. The summed E-state index contributed by atoms with van der Waals surface area (Å²) in [6, 6.07) is 17.4. The molecule has 0 bridgehead atoms. The average Bonchev–Trinajstić information content (AvgIpc) is 3.22. The van der Waals surface area contributed by atoms with Gasteiger partial charge < -0.3 is 23.7 Å². The summed E-state index contributed by atoms with van der Waals surface area (Å²) in [5.74, 6) is -1.91. The highest BCUT2D eigenvalue weighted by atomic mass is 16.8. The summed E-state index contributed by atoms with van der Waals surface area (Å²) in [4.78, 5) is 25.8. The van der Waals surface area contributed by atoms with Crippen molar-refractivity contribution in [2.45, 2.75) is 64.5 Å². The van der Waals surface area contributed by atoms with Gasteiger partial charge in [0.25, 0.3) is 0 Å². The molecule has 4 rings (SSSR count). The first-order valence-electron chi connectivity index (χ1n) is 11.0. The van der Waals surface area contributed by atoms with E-state index in [1.165, 1.54) is 0 Å². The van der Waals surface area contributed by atoms with Gasteiger partial charge in [-0.05, 0) is 43.5 Å². The SMILES string of the molecule is CC1(C)OC2OC(COC(=O)c3ccccc3)(C(C)(C)C)C(OC(=O)c3ccccc3)C2O1. The van der Waals surface area contributed by atoms with E-state index in [1.54, 1.807) is 62.4 Å². The Morgan fingerprint density at radius 3 is 1.94 bits per heavy atom. The maximum atomic E-state index is 13.0. The third kappa shape index (κ3) is 4.53. The van der Waals surface area contributed by atoms with Gasteiger partial charge in [0.05, 0.1) is 11.1 Å². The highest BCUT2D eigenvalue weighted by Gasteiger charge is 2.68. The lowest BCUT2D eigenvalue weighted by molar-refractivity contribution is -0.267. The van der Waals surface area contributed by atoms with Crippen LogP contribution in [-0.2, 0) is 23.7 Å². The van der Waals surface area contributed by atoms with E-state index in [0.29, 0.717) is 11.1 Å². The van der Waals surface area contributed by atoms with Crippen LogP contribution in [0.15, 0.2) is 60.7 Å². The highest BCUT2D eigenvalue weighted by Crippen LogP contribution is 2.51. The monoisotopic (exact) mass is 454 g/mol. The molecule has 0 aromatic heterocycles. The Hall–Kier alpha value is -2.74. The molecule has 33 heavy (non-hydrogen) atoms. The fraction of sp³-hybridized carbons (Fsp3) is 0.462. The van der Waals surface area contributed by atoms with Crippen LogP contribution in [0, 0.1) is 5.41 Å². The second-order valence-electron chi connectivity index (χ2n) is 9.86. The van der Waals surface area contributed by atoms with Crippen molar-refractivity contribution in [1.29, 1.82) is 0 Å². The van der Waals surface area contributed by atoms with Crippen molar-refractivity contribution in [3.05, 3.63) is 71.8 Å². The van der Waals surface area contributed by atoms with Crippen molar-refractivity contribution in [1.82, 2.24) is 0 Å². The Morgan fingerprint density at radius 1 is 0.848 bits per heavy atom. The number of hydrogen-bond donors (Lipinski definition) is 0. The van der Waals surface area contributed by atoms with E-state index in [2.05, 4.69) is 0 Å². The fourth-order valence-corrected chi connectivity index (χ4v) is 4.28. The third-order valence-corrected chi connectivity index (χ3v) is 6.11. The summed E-state index contributed by atoms with van der Waals surface area (Å²) in [7, 11) is 0. The molecule has 2 saturated heterocycles. The average molecular weight is 455 g/mol. The van der Waals surface area contributed by atoms with Crippen LogP contribution in [0.1, 0.15) is 55.3 Å². The molecule has 176 valence electrons. The zero-order valence-electron chi connectivity index (χ0n) is 19.6. The molecule has 0 amide bonds. The predicted octanol–water partition coefficient (Wildman–Crippen LogP) is 4.36. The minimum Gasteiger partial charge on any atom is -0.459 e. The smallest absolute Gasteiger partial charge is 0.338 e. The predicted molar refractivity (Wildman–Crippen MR) is 119 cm³/mol. The van der Waals surface area contributed by atoms with Crippen LogP contribution in [0.5, 0.6) is 0 Å². The van der Waals surface area contributed by atoms with Gasteiger partial charge in [-0.1, -0.05) is 57.2 Å². The van der Waals surface area contributed by atoms with Crippen molar-refractivity contribution in [3.63, 3.8) is 0 Å². The zero-order chi connectivity index (χ0) is 23.9. The lowest BCUT2D eigenvalue weighted by atomic mass is 9.73. The molecular weight excluding hydrogens is 424 g/mol. The van der Waals surface area contributed by atoms with E-state index in [4.69, 9.17) is 23.7 Å². The lowest BCUT2D eigenvalue weighted by Crippen LogP contribution is -2.58. The number of benzene rings is 2. The molecule has 0 radical (unpaired) electrons. The van der Waals surface area contributed by atoms with Gasteiger partial charge in [0.1, 0.15) is 12.2 Å². The Labute approximate surface area is 193 Å². The van der Waals surface area contributed by atoms with Crippen LogP contribution < -0.4 is 0 Å². The number of carbonyl (C=O) groups is 2. The fourth-order valence-electron chi connectivity index (χ4n) is 4.28. The largest absolute Gasteiger partial charge is 0.459 e. The minimum atomic E-state index is -1.20.